The van der Waals surface area contributed by atoms with Gasteiger partial charge in [-0.2, -0.15) is 0 Å². The van der Waals surface area contributed by atoms with E-state index >= 15 is 0 Å². The average molecular weight is 231 g/mol. The molecule has 1 rings (SSSR count). The number of hydrogen-bond acceptors (Lipinski definition) is 2. The molecule has 0 aliphatic heterocycles. The highest BCUT2D eigenvalue weighted by molar-refractivity contribution is 9.10. The number of benzene rings is 1. The van der Waals surface area contributed by atoms with Crippen molar-refractivity contribution >= 4 is 15.9 Å². The molecule has 0 fully saturated rings. The first-order valence-corrected chi connectivity index (χ1v) is 4.52. The van der Waals surface area contributed by atoms with Crippen LogP contribution in [0.2, 0.25) is 0 Å². The van der Waals surface area contributed by atoms with Gasteiger partial charge in [0.05, 0.1) is 6.10 Å². The standard InChI is InChI=1S/C9H11BrO2/c1-6(11)9(12)7-2-4-8(10)5-3-7/h2-6,9,11-12H,1H3/t6-,9+/m1/s1. The first kappa shape index (κ1) is 9.71. The van der Waals surface area contributed by atoms with Gasteiger partial charge in [0.1, 0.15) is 6.10 Å². The topological polar surface area (TPSA) is 40.5 Å². The van der Waals surface area contributed by atoms with E-state index in [1.807, 2.05) is 12.1 Å². The number of aliphatic hydroxyl groups is 2. The van der Waals surface area contributed by atoms with Gasteiger partial charge in [0.2, 0.25) is 0 Å². The highest BCUT2D eigenvalue weighted by Crippen LogP contribution is 2.18. The number of halogens is 1. The first-order chi connectivity index (χ1) is 5.61. The zero-order chi connectivity index (χ0) is 9.14. The van der Waals surface area contributed by atoms with Crippen LogP contribution >= 0.6 is 15.9 Å². The SMILES string of the molecule is C[C@@H](O)[C@H](O)c1ccc(Br)cc1. The summed E-state index contributed by atoms with van der Waals surface area (Å²) in [5.74, 6) is 0. The molecule has 2 N–H and O–H groups in total. The van der Waals surface area contributed by atoms with Crippen LogP contribution in [0.25, 0.3) is 0 Å². The zero-order valence-electron chi connectivity index (χ0n) is 6.74. The van der Waals surface area contributed by atoms with Crippen LogP contribution in [-0.4, -0.2) is 16.3 Å². The first-order valence-electron chi connectivity index (χ1n) is 3.73. The summed E-state index contributed by atoms with van der Waals surface area (Å²) in [7, 11) is 0. The lowest BCUT2D eigenvalue weighted by Gasteiger charge is -2.13. The van der Waals surface area contributed by atoms with E-state index in [4.69, 9.17) is 5.11 Å². The molecule has 3 heteroatoms. The molecule has 0 aromatic heterocycles. The zero-order valence-corrected chi connectivity index (χ0v) is 8.32. The summed E-state index contributed by atoms with van der Waals surface area (Å²) in [5.41, 5.74) is 0.730. The van der Waals surface area contributed by atoms with E-state index in [0.29, 0.717) is 0 Å². The molecule has 0 saturated heterocycles. The van der Waals surface area contributed by atoms with Gasteiger partial charge in [-0.25, -0.2) is 0 Å². The predicted molar refractivity (Wildman–Crippen MR) is 50.8 cm³/mol. The van der Waals surface area contributed by atoms with Crippen LogP contribution < -0.4 is 0 Å². The van der Waals surface area contributed by atoms with Gasteiger partial charge in [0, 0.05) is 4.47 Å². The Hall–Kier alpha value is -0.380. The second kappa shape index (κ2) is 4.03. The fraction of sp³-hybridized carbons (Fsp3) is 0.333. The highest BCUT2D eigenvalue weighted by Gasteiger charge is 2.12. The van der Waals surface area contributed by atoms with E-state index in [1.54, 1.807) is 19.1 Å². The highest BCUT2D eigenvalue weighted by atomic mass is 79.9. The minimum atomic E-state index is -0.793. The van der Waals surface area contributed by atoms with Crippen molar-refractivity contribution in [3.63, 3.8) is 0 Å². The van der Waals surface area contributed by atoms with Crippen molar-refractivity contribution in [2.24, 2.45) is 0 Å². The third kappa shape index (κ3) is 2.30. The van der Waals surface area contributed by atoms with Crippen molar-refractivity contribution < 1.29 is 10.2 Å². The van der Waals surface area contributed by atoms with Crippen molar-refractivity contribution in [1.29, 1.82) is 0 Å². The van der Waals surface area contributed by atoms with Crippen LogP contribution in [0.5, 0.6) is 0 Å². The molecule has 0 saturated carbocycles. The molecular formula is C9H11BrO2. The van der Waals surface area contributed by atoms with Crippen molar-refractivity contribution in [2.75, 3.05) is 0 Å². The minimum Gasteiger partial charge on any atom is -0.390 e. The van der Waals surface area contributed by atoms with Crippen LogP contribution in [0.15, 0.2) is 28.7 Å². The second-order valence-corrected chi connectivity index (χ2v) is 3.65. The van der Waals surface area contributed by atoms with Crippen LogP contribution in [0, 0.1) is 0 Å². The molecule has 1 aromatic carbocycles. The molecule has 0 aliphatic carbocycles. The molecule has 0 aliphatic rings. The van der Waals surface area contributed by atoms with E-state index in [9.17, 15) is 5.11 Å². The summed E-state index contributed by atoms with van der Waals surface area (Å²) in [6, 6.07) is 7.23. The lowest BCUT2D eigenvalue weighted by atomic mass is 10.1. The van der Waals surface area contributed by atoms with E-state index in [0.717, 1.165) is 10.0 Å². The lowest BCUT2D eigenvalue weighted by Crippen LogP contribution is -2.13. The van der Waals surface area contributed by atoms with Gasteiger partial charge in [0.25, 0.3) is 0 Å². The Kier molecular flexibility index (Phi) is 3.26. The summed E-state index contributed by atoms with van der Waals surface area (Å²) in [4.78, 5) is 0. The smallest absolute Gasteiger partial charge is 0.105 e. The molecule has 2 atom stereocenters. The summed E-state index contributed by atoms with van der Waals surface area (Å²) in [5, 5.41) is 18.5. The van der Waals surface area contributed by atoms with E-state index in [-0.39, 0.29) is 0 Å². The molecule has 0 bridgehead atoms. The third-order valence-corrected chi connectivity index (χ3v) is 2.20. The number of rotatable bonds is 2. The second-order valence-electron chi connectivity index (χ2n) is 2.74. The Morgan fingerprint density at radius 1 is 1.17 bits per heavy atom. The predicted octanol–water partition coefficient (Wildman–Crippen LogP) is 1.86. The van der Waals surface area contributed by atoms with Crippen LogP contribution in [0.1, 0.15) is 18.6 Å². The molecule has 2 nitrogen and oxygen atoms in total. The molecule has 66 valence electrons. The maximum absolute atomic E-state index is 9.42. The van der Waals surface area contributed by atoms with E-state index < -0.39 is 12.2 Å². The van der Waals surface area contributed by atoms with Crippen molar-refractivity contribution in [2.45, 2.75) is 19.1 Å². The summed E-state index contributed by atoms with van der Waals surface area (Å²) < 4.78 is 0.962. The fourth-order valence-electron chi connectivity index (χ4n) is 0.938. The minimum absolute atomic E-state index is 0.730. The van der Waals surface area contributed by atoms with Gasteiger partial charge in [0.15, 0.2) is 0 Å². The van der Waals surface area contributed by atoms with E-state index in [2.05, 4.69) is 15.9 Å². The van der Waals surface area contributed by atoms with Gasteiger partial charge < -0.3 is 10.2 Å². The molecule has 0 amide bonds. The molecule has 0 heterocycles. The molecule has 0 unspecified atom stereocenters. The maximum atomic E-state index is 9.42. The molecule has 0 spiro atoms. The largest absolute Gasteiger partial charge is 0.390 e. The van der Waals surface area contributed by atoms with Crippen molar-refractivity contribution in [3.05, 3.63) is 34.3 Å². The number of hydrogen-bond donors (Lipinski definition) is 2. The van der Waals surface area contributed by atoms with Crippen molar-refractivity contribution in [3.8, 4) is 0 Å². The molecule has 12 heavy (non-hydrogen) atoms. The van der Waals surface area contributed by atoms with Gasteiger partial charge in [-0.05, 0) is 24.6 Å². The lowest BCUT2D eigenvalue weighted by molar-refractivity contribution is 0.0305. The third-order valence-electron chi connectivity index (χ3n) is 1.67. The fourth-order valence-corrected chi connectivity index (χ4v) is 1.20. The number of aliphatic hydroxyl groups excluding tert-OH is 2. The van der Waals surface area contributed by atoms with Gasteiger partial charge in [-0.1, -0.05) is 28.1 Å². The molecule has 0 radical (unpaired) electrons. The Balaban J connectivity index is 2.82. The summed E-state index contributed by atoms with van der Waals surface area (Å²) in [6.45, 7) is 1.56. The maximum Gasteiger partial charge on any atom is 0.105 e. The Labute approximate surface area is 80.0 Å². The summed E-state index contributed by atoms with van der Waals surface area (Å²) >= 11 is 3.29. The summed E-state index contributed by atoms with van der Waals surface area (Å²) in [6.07, 6.45) is -1.52. The Morgan fingerprint density at radius 2 is 1.67 bits per heavy atom. The molecular weight excluding hydrogens is 220 g/mol. The van der Waals surface area contributed by atoms with Gasteiger partial charge in [-0.15, -0.1) is 0 Å². The normalized spacial score (nSPS) is 15.7. The Bertz CT molecular complexity index is 243. The van der Waals surface area contributed by atoms with Crippen LogP contribution in [0.4, 0.5) is 0 Å². The van der Waals surface area contributed by atoms with Gasteiger partial charge in [-0.3, -0.25) is 0 Å². The Morgan fingerprint density at radius 3 is 2.08 bits per heavy atom. The van der Waals surface area contributed by atoms with E-state index in [1.165, 1.54) is 0 Å². The van der Waals surface area contributed by atoms with Gasteiger partial charge >= 0.3 is 0 Å². The average Bonchev–Trinajstić information content (AvgIpc) is 2.04. The van der Waals surface area contributed by atoms with Crippen molar-refractivity contribution in [1.82, 2.24) is 0 Å². The molecule has 1 aromatic rings. The van der Waals surface area contributed by atoms with Crippen LogP contribution in [-0.2, 0) is 0 Å². The van der Waals surface area contributed by atoms with Crippen LogP contribution in [0.3, 0.4) is 0 Å². The monoisotopic (exact) mass is 230 g/mol. The quantitative estimate of drug-likeness (QED) is 0.815.